The molecule has 2 aromatic rings. The molecule has 2 rings (SSSR count). The zero-order valence-corrected chi connectivity index (χ0v) is 8.01. The Bertz CT molecular complexity index is 394. The number of hydrogen-bond acceptors (Lipinski definition) is 3. The second-order valence-electron chi connectivity index (χ2n) is 3.03. The quantitative estimate of drug-likeness (QED) is 0.781. The zero-order valence-electron chi connectivity index (χ0n) is 8.01. The second kappa shape index (κ2) is 4.02. The van der Waals surface area contributed by atoms with Crippen molar-refractivity contribution in [3.8, 4) is 5.69 Å². The van der Waals surface area contributed by atoms with E-state index in [0.29, 0.717) is 0 Å². The Balaban J connectivity index is 2.25. The molecule has 0 radical (unpaired) electrons. The van der Waals surface area contributed by atoms with Gasteiger partial charge in [-0.05, 0) is 19.2 Å². The molecule has 2 heterocycles. The van der Waals surface area contributed by atoms with Crippen LogP contribution in [-0.2, 0) is 6.54 Å². The van der Waals surface area contributed by atoms with Gasteiger partial charge >= 0.3 is 0 Å². The van der Waals surface area contributed by atoms with Crippen molar-refractivity contribution < 1.29 is 0 Å². The van der Waals surface area contributed by atoms with E-state index in [1.54, 1.807) is 12.4 Å². The van der Waals surface area contributed by atoms with Gasteiger partial charge in [-0.25, -0.2) is 4.68 Å². The molecule has 4 heteroatoms. The van der Waals surface area contributed by atoms with Gasteiger partial charge in [-0.15, -0.1) is 0 Å². The van der Waals surface area contributed by atoms with Crippen LogP contribution in [-0.4, -0.2) is 21.8 Å². The standard InChI is InChI=1S/C10H12N4/c1-11-5-9-6-13-14(8-9)10-3-2-4-12-7-10/h2-4,6-8,11H,5H2,1H3. The molecule has 72 valence electrons. The van der Waals surface area contributed by atoms with Crippen LogP contribution < -0.4 is 5.32 Å². The predicted molar refractivity (Wildman–Crippen MR) is 54.1 cm³/mol. The number of hydrogen-bond donors (Lipinski definition) is 1. The maximum atomic E-state index is 4.24. The van der Waals surface area contributed by atoms with Crippen LogP contribution in [0.25, 0.3) is 5.69 Å². The third-order valence-corrected chi connectivity index (χ3v) is 1.93. The highest BCUT2D eigenvalue weighted by Crippen LogP contribution is 2.05. The van der Waals surface area contributed by atoms with Gasteiger partial charge in [-0.1, -0.05) is 0 Å². The predicted octanol–water partition coefficient (Wildman–Crippen LogP) is 0.987. The van der Waals surface area contributed by atoms with Crippen LogP contribution in [0.4, 0.5) is 0 Å². The topological polar surface area (TPSA) is 42.7 Å². The maximum Gasteiger partial charge on any atom is 0.0828 e. The van der Waals surface area contributed by atoms with Gasteiger partial charge in [0.25, 0.3) is 0 Å². The minimum Gasteiger partial charge on any atom is -0.316 e. The van der Waals surface area contributed by atoms with Gasteiger partial charge in [0, 0.05) is 24.5 Å². The summed E-state index contributed by atoms with van der Waals surface area (Å²) >= 11 is 0. The van der Waals surface area contributed by atoms with Crippen molar-refractivity contribution in [2.24, 2.45) is 0 Å². The lowest BCUT2D eigenvalue weighted by atomic mass is 10.3. The van der Waals surface area contributed by atoms with Gasteiger partial charge in [-0.2, -0.15) is 5.10 Å². The molecule has 0 amide bonds. The summed E-state index contributed by atoms with van der Waals surface area (Å²) in [6.45, 7) is 0.834. The molecule has 0 spiro atoms. The van der Waals surface area contributed by atoms with E-state index in [-0.39, 0.29) is 0 Å². The van der Waals surface area contributed by atoms with E-state index in [0.717, 1.165) is 17.8 Å². The number of nitrogens with zero attached hydrogens (tertiary/aromatic N) is 3. The lowest BCUT2D eigenvalue weighted by Gasteiger charge is -1.98. The SMILES string of the molecule is CNCc1cnn(-c2cccnc2)c1. The first-order valence-electron chi connectivity index (χ1n) is 4.48. The Morgan fingerprint density at radius 1 is 1.43 bits per heavy atom. The largest absolute Gasteiger partial charge is 0.316 e. The molecule has 0 atom stereocenters. The number of nitrogens with one attached hydrogen (secondary N) is 1. The fourth-order valence-electron chi connectivity index (χ4n) is 1.29. The Kier molecular flexibility index (Phi) is 2.55. The highest BCUT2D eigenvalue weighted by Gasteiger charge is 1.98. The zero-order chi connectivity index (χ0) is 9.80. The molecule has 0 aromatic carbocycles. The van der Waals surface area contributed by atoms with Crippen LogP contribution in [0.3, 0.4) is 0 Å². The minimum atomic E-state index is 0.834. The van der Waals surface area contributed by atoms with E-state index >= 15 is 0 Å². The lowest BCUT2D eigenvalue weighted by molar-refractivity contribution is 0.816. The summed E-state index contributed by atoms with van der Waals surface area (Å²) in [5, 5.41) is 7.32. The van der Waals surface area contributed by atoms with Gasteiger partial charge < -0.3 is 5.32 Å². The van der Waals surface area contributed by atoms with Crippen LogP contribution in [0, 0.1) is 0 Å². The fourth-order valence-corrected chi connectivity index (χ4v) is 1.29. The summed E-state index contributed by atoms with van der Waals surface area (Å²) in [5.74, 6) is 0. The van der Waals surface area contributed by atoms with E-state index in [1.807, 2.05) is 36.3 Å². The molecule has 0 bridgehead atoms. The normalized spacial score (nSPS) is 10.4. The van der Waals surface area contributed by atoms with E-state index in [2.05, 4.69) is 15.4 Å². The Hall–Kier alpha value is -1.68. The van der Waals surface area contributed by atoms with E-state index in [1.165, 1.54) is 0 Å². The van der Waals surface area contributed by atoms with Crippen molar-refractivity contribution >= 4 is 0 Å². The summed E-state index contributed by atoms with van der Waals surface area (Å²) in [6.07, 6.45) is 7.38. The monoisotopic (exact) mass is 188 g/mol. The molecule has 14 heavy (non-hydrogen) atoms. The first kappa shape index (κ1) is 8.90. The summed E-state index contributed by atoms with van der Waals surface area (Å²) in [6, 6.07) is 3.87. The summed E-state index contributed by atoms with van der Waals surface area (Å²) in [7, 11) is 1.92. The average Bonchev–Trinajstić information content (AvgIpc) is 2.68. The Labute approximate surface area is 82.6 Å². The molecule has 0 saturated carbocycles. The van der Waals surface area contributed by atoms with Crippen LogP contribution in [0.15, 0.2) is 36.9 Å². The van der Waals surface area contributed by atoms with Crippen molar-refractivity contribution in [2.75, 3.05) is 7.05 Å². The van der Waals surface area contributed by atoms with E-state index < -0.39 is 0 Å². The van der Waals surface area contributed by atoms with Crippen molar-refractivity contribution in [2.45, 2.75) is 6.54 Å². The number of pyridine rings is 1. The van der Waals surface area contributed by atoms with Gasteiger partial charge in [0.2, 0.25) is 0 Å². The summed E-state index contributed by atoms with van der Waals surface area (Å²) in [4.78, 5) is 4.04. The van der Waals surface area contributed by atoms with Gasteiger partial charge in [0.1, 0.15) is 0 Å². The van der Waals surface area contributed by atoms with E-state index in [9.17, 15) is 0 Å². The molecule has 2 aromatic heterocycles. The minimum absolute atomic E-state index is 0.834. The number of aromatic nitrogens is 3. The molecule has 0 aliphatic rings. The average molecular weight is 188 g/mol. The van der Waals surface area contributed by atoms with E-state index in [4.69, 9.17) is 0 Å². The molecule has 1 N–H and O–H groups in total. The second-order valence-corrected chi connectivity index (χ2v) is 3.03. The van der Waals surface area contributed by atoms with Crippen molar-refractivity contribution in [3.63, 3.8) is 0 Å². The first-order valence-corrected chi connectivity index (χ1v) is 4.48. The highest BCUT2D eigenvalue weighted by molar-refractivity contribution is 5.27. The van der Waals surface area contributed by atoms with Gasteiger partial charge in [-0.3, -0.25) is 4.98 Å². The lowest BCUT2D eigenvalue weighted by Crippen LogP contribution is -2.03. The van der Waals surface area contributed by atoms with Gasteiger partial charge in [0.05, 0.1) is 18.1 Å². The van der Waals surface area contributed by atoms with Crippen LogP contribution in [0.2, 0.25) is 0 Å². The maximum absolute atomic E-state index is 4.24. The fraction of sp³-hybridized carbons (Fsp3) is 0.200. The molecule has 4 nitrogen and oxygen atoms in total. The summed E-state index contributed by atoms with van der Waals surface area (Å²) in [5.41, 5.74) is 2.14. The number of rotatable bonds is 3. The Morgan fingerprint density at radius 3 is 3.07 bits per heavy atom. The van der Waals surface area contributed by atoms with Crippen molar-refractivity contribution in [1.82, 2.24) is 20.1 Å². The smallest absolute Gasteiger partial charge is 0.0828 e. The van der Waals surface area contributed by atoms with Crippen LogP contribution >= 0.6 is 0 Å². The third-order valence-electron chi connectivity index (χ3n) is 1.93. The molecule has 0 unspecified atom stereocenters. The molecule has 0 aliphatic carbocycles. The molecular formula is C10H12N4. The molecule has 0 saturated heterocycles. The molecular weight excluding hydrogens is 176 g/mol. The molecule has 0 aliphatic heterocycles. The molecule has 0 fully saturated rings. The van der Waals surface area contributed by atoms with Crippen molar-refractivity contribution in [1.29, 1.82) is 0 Å². The van der Waals surface area contributed by atoms with Crippen molar-refractivity contribution in [3.05, 3.63) is 42.5 Å². The van der Waals surface area contributed by atoms with Crippen LogP contribution in [0.5, 0.6) is 0 Å². The van der Waals surface area contributed by atoms with Gasteiger partial charge in [0.15, 0.2) is 0 Å². The Morgan fingerprint density at radius 2 is 2.36 bits per heavy atom. The summed E-state index contributed by atoms with van der Waals surface area (Å²) < 4.78 is 1.82. The third kappa shape index (κ3) is 1.80. The van der Waals surface area contributed by atoms with Crippen LogP contribution in [0.1, 0.15) is 5.56 Å². The highest BCUT2D eigenvalue weighted by atomic mass is 15.3. The first-order chi connectivity index (χ1) is 6.90.